The van der Waals surface area contributed by atoms with E-state index in [2.05, 4.69) is 61.4 Å². The van der Waals surface area contributed by atoms with Crippen LogP contribution in [0.2, 0.25) is 15.8 Å². The first-order chi connectivity index (χ1) is 7.76. The summed E-state index contributed by atoms with van der Waals surface area (Å²) < 4.78 is 0. The van der Waals surface area contributed by atoms with Crippen LogP contribution in [0.1, 0.15) is 20.8 Å². The summed E-state index contributed by atoms with van der Waals surface area (Å²) in [7, 11) is 0. The average Bonchev–Trinajstić information content (AvgIpc) is 2.37. The van der Waals surface area contributed by atoms with Crippen molar-refractivity contribution in [3.63, 3.8) is 0 Å². The van der Waals surface area contributed by atoms with Crippen molar-refractivity contribution in [3.8, 4) is 0 Å². The molecule has 1 aromatic carbocycles. The van der Waals surface area contributed by atoms with Crippen LogP contribution in [0.15, 0.2) is 45.5 Å². The molecule has 0 spiro atoms. The van der Waals surface area contributed by atoms with Gasteiger partial charge in [0, 0.05) is 0 Å². The van der Waals surface area contributed by atoms with E-state index in [0.29, 0.717) is 0 Å². The molecule has 1 aromatic rings. The Morgan fingerprint density at radius 2 is 1.56 bits per heavy atom. The van der Waals surface area contributed by atoms with Crippen molar-refractivity contribution in [3.05, 3.63) is 40.6 Å². The molecule has 0 nitrogen and oxygen atoms in total. The Bertz CT molecular complexity index is 307. The van der Waals surface area contributed by atoms with Crippen LogP contribution < -0.4 is 0 Å². The van der Waals surface area contributed by atoms with Crippen molar-refractivity contribution >= 4 is 25.0 Å². The van der Waals surface area contributed by atoms with Gasteiger partial charge in [0.1, 0.15) is 0 Å². The van der Waals surface area contributed by atoms with Gasteiger partial charge in [-0.1, -0.05) is 0 Å². The Morgan fingerprint density at radius 3 is 2.06 bits per heavy atom. The quantitative estimate of drug-likeness (QED) is 0.504. The minimum absolute atomic E-state index is 1.35. The summed E-state index contributed by atoms with van der Waals surface area (Å²) in [4.78, 5) is 3.93. The van der Waals surface area contributed by atoms with Gasteiger partial charge in [0.05, 0.1) is 0 Å². The van der Waals surface area contributed by atoms with Gasteiger partial charge in [-0.3, -0.25) is 0 Å². The molecule has 88 valence electrons. The van der Waals surface area contributed by atoms with Gasteiger partial charge in [0.2, 0.25) is 0 Å². The molecule has 0 aliphatic carbocycles. The molecule has 0 N–H and O–H groups in total. The van der Waals surface area contributed by atoms with Crippen LogP contribution in [0, 0.1) is 0 Å². The molecule has 0 aliphatic rings. The molecular weight excluding hydrogens is 273 g/mol. The molecule has 2 heteroatoms. The fourth-order valence-electron chi connectivity index (χ4n) is 1.86. The third kappa shape index (κ3) is 4.02. The van der Waals surface area contributed by atoms with Gasteiger partial charge in [0.15, 0.2) is 0 Å². The number of rotatable bonds is 6. The van der Waals surface area contributed by atoms with Gasteiger partial charge in [-0.25, -0.2) is 0 Å². The maximum atomic E-state index is 2.58. The Balaban J connectivity index is 2.59. The van der Waals surface area contributed by atoms with E-state index in [9.17, 15) is 0 Å². The summed E-state index contributed by atoms with van der Waals surface area (Å²) in [5.41, 5.74) is 0. The molecule has 0 bridgehead atoms. The van der Waals surface area contributed by atoms with E-state index < -0.39 is 13.3 Å². The second kappa shape index (κ2) is 7.23. The van der Waals surface area contributed by atoms with E-state index in [0.717, 1.165) is 0 Å². The first-order valence-electron chi connectivity index (χ1n) is 6.15. The van der Waals surface area contributed by atoms with Crippen LogP contribution in [-0.4, -0.2) is 13.3 Å². The van der Waals surface area contributed by atoms with Crippen LogP contribution in [-0.2, 0) is 0 Å². The summed E-state index contributed by atoms with van der Waals surface area (Å²) in [5.74, 6) is 0. The standard InChI is InChI=1S/C14H22GeS/c1-4-15(5-2,6-3)12-13-16-14-10-8-7-9-11-14/h7-13H,4-6H2,1-3H3/b13-12-. The zero-order valence-corrected chi connectivity index (χ0v) is 13.5. The van der Waals surface area contributed by atoms with Crippen molar-refractivity contribution in [2.75, 3.05) is 0 Å². The van der Waals surface area contributed by atoms with Crippen molar-refractivity contribution in [2.24, 2.45) is 0 Å². The van der Waals surface area contributed by atoms with Gasteiger partial charge in [-0.15, -0.1) is 0 Å². The Morgan fingerprint density at radius 1 is 1.00 bits per heavy atom. The van der Waals surface area contributed by atoms with Crippen LogP contribution in [0.25, 0.3) is 0 Å². The molecule has 0 saturated heterocycles. The summed E-state index contributed by atoms with van der Waals surface area (Å²) >= 11 is 0.270. The van der Waals surface area contributed by atoms with E-state index in [-0.39, 0.29) is 0 Å². The summed E-state index contributed by atoms with van der Waals surface area (Å²) in [5, 5.41) is 6.59. The minimum atomic E-state index is -1.59. The SMILES string of the molecule is C[CH2][Ge](/[CH]=C\Sc1ccccc1)([CH2]C)[CH2]C. The molecule has 0 heterocycles. The molecule has 0 saturated carbocycles. The Labute approximate surface area is 107 Å². The molecule has 0 amide bonds. The van der Waals surface area contributed by atoms with E-state index in [1.54, 1.807) is 0 Å². The van der Waals surface area contributed by atoms with Crippen LogP contribution in [0.3, 0.4) is 0 Å². The zero-order valence-electron chi connectivity index (χ0n) is 10.6. The van der Waals surface area contributed by atoms with E-state index in [1.165, 1.54) is 20.7 Å². The molecule has 0 unspecified atom stereocenters. The third-order valence-corrected chi connectivity index (χ3v) is 15.5. The number of hydrogen-bond acceptors (Lipinski definition) is 1. The monoisotopic (exact) mass is 296 g/mol. The molecule has 0 radical (unpaired) electrons. The second-order valence-electron chi connectivity index (χ2n) is 4.16. The summed E-state index contributed by atoms with van der Waals surface area (Å²) in [6.45, 7) is 7.10. The first kappa shape index (κ1) is 13.9. The maximum absolute atomic E-state index is 2.58. The van der Waals surface area contributed by atoms with Gasteiger partial charge in [0.25, 0.3) is 0 Å². The molecule has 16 heavy (non-hydrogen) atoms. The Hall–Kier alpha value is -0.147. The molecule has 0 fully saturated rings. The van der Waals surface area contributed by atoms with E-state index in [1.807, 2.05) is 11.8 Å². The normalized spacial score (nSPS) is 12.2. The van der Waals surface area contributed by atoms with Gasteiger partial charge in [-0.05, 0) is 0 Å². The number of benzene rings is 1. The first-order valence-corrected chi connectivity index (χ1v) is 12.7. The van der Waals surface area contributed by atoms with Crippen molar-refractivity contribution < 1.29 is 0 Å². The molecule has 1 rings (SSSR count). The Kier molecular flexibility index (Phi) is 6.29. The van der Waals surface area contributed by atoms with Gasteiger partial charge >= 0.3 is 107 Å². The topological polar surface area (TPSA) is 0 Å². The van der Waals surface area contributed by atoms with Crippen LogP contribution in [0.4, 0.5) is 0 Å². The van der Waals surface area contributed by atoms with Crippen molar-refractivity contribution in [2.45, 2.75) is 41.4 Å². The number of hydrogen-bond donors (Lipinski definition) is 0. The second-order valence-corrected chi connectivity index (χ2v) is 16.0. The predicted molar refractivity (Wildman–Crippen MR) is 78.6 cm³/mol. The fraction of sp³-hybridized carbons (Fsp3) is 0.429. The third-order valence-electron chi connectivity index (χ3n) is 3.48. The molecular formula is C14H22GeS. The molecule has 0 aliphatic heterocycles. The van der Waals surface area contributed by atoms with Crippen LogP contribution >= 0.6 is 11.8 Å². The number of thioether (sulfide) groups is 1. The van der Waals surface area contributed by atoms with Gasteiger partial charge in [-0.2, -0.15) is 0 Å². The zero-order chi connectivity index (χ0) is 11.9. The summed E-state index contributed by atoms with van der Waals surface area (Å²) in [6.07, 6.45) is 0. The van der Waals surface area contributed by atoms with Crippen molar-refractivity contribution in [1.29, 1.82) is 0 Å². The predicted octanol–water partition coefficient (Wildman–Crippen LogP) is 5.34. The van der Waals surface area contributed by atoms with E-state index in [4.69, 9.17) is 0 Å². The van der Waals surface area contributed by atoms with E-state index >= 15 is 0 Å². The van der Waals surface area contributed by atoms with Crippen LogP contribution in [0.5, 0.6) is 0 Å². The molecule has 0 atom stereocenters. The average molecular weight is 295 g/mol. The van der Waals surface area contributed by atoms with Gasteiger partial charge < -0.3 is 0 Å². The summed E-state index contributed by atoms with van der Waals surface area (Å²) in [6, 6.07) is 10.6. The fourth-order valence-corrected chi connectivity index (χ4v) is 9.56. The molecule has 0 aromatic heterocycles. The van der Waals surface area contributed by atoms with Crippen molar-refractivity contribution in [1.82, 2.24) is 0 Å².